The molecular weight excluding hydrogens is 232 g/mol. The van der Waals surface area contributed by atoms with Crippen molar-refractivity contribution in [3.63, 3.8) is 0 Å². The van der Waals surface area contributed by atoms with Crippen LogP contribution in [0.15, 0.2) is 23.5 Å². The molecule has 1 amide bonds. The van der Waals surface area contributed by atoms with Crippen molar-refractivity contribution in [3.8, 4) is 0 Å². The largest absolute Gasteiger partial charge is 0.364 e. The zero-order chi connectivity index (χ0) is 13.5. The fourth-order valence-electron chi connectivity index (χ4n) is 2.53. The van der Waals surface area contributed by atoms with Gasteiger partial charge in [-0.2, -0.15) is 0 Å². The Bertz CT molecular complexity index is 463. The molecule has 2 atom stereocenters. The quantitative estimate of drug-likeness (QED) is 0.707. The maximum Gasteiger partial charge on any atom is 0.249 e. The second-order valence-corrected chi connectivity index (χ2v) is 5.18. The molecule has 5 heteroatoms. The molecule has 0 unspecified atom stereocenters. The van der Waals surface area contributed by atoms with Crippen LogP contribution < -0.4 is 5.32 Å². The van der Waals surface area contributed by atoms with Crippen LogP contribution in [0.25, 0.3) is 0 Å². The van der Waals surface area contributed by atoms with Crippen LogP contribution in [0, 0.1) is 0 Å². The second-order valence-electron chi connectivity index (χ2n) is 5.18. The molecule has 1 saturated heterocycles. The van der Waals surface area contributed by atoms with Gasteiger partial charge >= 0.3 is 0 Å². The van der Waals surface area contributed by atoms with Gasteiger partial charge in [-0.1, -0.05) is 5.57 Å². The Balaban J connectivity index is 2.20. The molecule has 2 aliphatic heterocycles. The molecule has 0 aromatic rings. The summed E-state index contributed by atoms with van der Waals surface area (Å²) in [7, 11) is 0. The van der Waals surface area contributed by atoms with E-state index < -0.39 is 5.72 Å². The topological polar surface area (TPSA) is 69.6 Å². The molecule has 2 aliphatic rings. The van der Waals surface area contributed by atoms with Gasteiger partial charge in [-0.05, 0) is 27.2 Å². The lowest BCUT2D eigenvalue weighted by Gasteiger charge is -2.31. The van der Waals surface area contributed by atoms with E-state index in [1.54, 1.807) is 4.90 Å². The van der Waals surface area contributed by atoms with Crippen molar-refractivity contribution in [3.05, 3.63) is 23.5 Å². The Kier molecular flexibility index (Phi) is 3.02. The molecule has 2 N–H and O–H groups in total. The van der Waals surface area contributed by atoms with Gasteiger partial charge in [0.2, 0.25) is 17.4 Å². The van der Waals surface area contributed by atoms with Crippen molar-refractivity contribution >= 4 is 11.7 Å². The van der Waals surface area contributed by atoms with E-state index in [4.69, 9.17) is 0 Å². The summed E-state index contributed by atoms with van der Waals surface area (Å²) in [6, 6.07) is 0.0414. The number of nitrogens with one attached hydrogen (secondary N) is 1. The average molecular weight is 250 g/mol. The lowest BCUT2D eigenvalue weighted by molar-refractivity contribution is -0.144. The highest BCUT2D eigenvalue weighted by atomic mass is 16.3. The van der Waals surface area contributed by atoms with E-state index in [2.05, 4.69) is 5.32 Å². The Morgan fingerprint density at radius 2 is 2.28 bits per heavy atom. The van der Waals surface area contributed by atoms with Crippen molar-refractivity contribution in [1.82, 2.24) is 10.2 Å². The summed E-state index contributed by atoms with van der Waals surface area (Å²) in [5.74, 6) is -0.230. The number of fused-ring (bicyclic) bond motifs is 1. The second kappa shape index (κ2) is 4.24. The summed E-state index contributed by atoms with van der Waals surface area (Å²) in [5.41, 5.74) is -0.574. The van der Waals surface area contributed by atoms with Crippen LogP contribution >= 0.6 is 0 Å². The average Bonchev–Trinajstić information content (AvgIpc) is 2.65. The number of ketones is 1. The van der Waals surface area contributed by atoms with Gasteiger partial charge in [-0.15, -0.1) is 0 Å². The Morgan fingerprint density at radius 1 is 1.61 bits per heavy atom. The third kappa shape index (κ3) is 1.95. The van der Waals surface area contributed by atoms with Crippen LogP contribution in [-0.4, -0.2) is 33.5 Å². The smallest absolute Gasteiger partial charge is 0.249 e. The SMILES string of the molecule is CC(C)=CC(=O)NC1=CC(=O)[C@@]2(O)CC[C@H](C)N12. The standard InChI is InChI=1S/C13H18N2O3/c1-8(2)6-12(17)14-11-7-10(16)13(18)5-4-9(3)15(11)13/h6-7,9,18H,4-5H2,1-3H3,(H,14,17)/t9-,13-/m0/s1. The van der Waals surface area contributed by atoms with E-state index in [1.807, 2.05) is 20.8 Å². The van der Waals surface area contributed by atoms with Gasteiger partial charge in [0.25, 0.3) is 0 Å². The number of amides is 1. The van der Waals surface area contributed by atoms with E-state index >= 15 is 0 Å². The first-order valence-corrected chi connectivity index (χ1v) is 6.08. The number of aliphatic hydroxyl groups is 1. The molecule has 0 bridgehead atoms. The minimum atomic E-state index is -1.45. The molecule has 0 saturated carbocycles. The van der Waals surface area contributed by atoms with Crippen molar-refractivity contribution in [2.24, 2.45) is 0 Å². The molecule has 2 rings (SSSR count). The lowest BCUT2D eigenvalue weighted by atomic mass is 10.1. The zero-order valence-corrected chi connectivity index (χ0v) is 10.9. The fraction of sp³-hybridized carbons (Fsp3) is 0.538. The molecule has 18 heavy (non-hydrogen) atoms. The Morgan fingerprint density at radius 3 is 2.89 bits per heavy atom. The van der Waals surface area contributed by atoms with Gasteiger partial charge < -0.3 is 15.3 Å². The molecule has 98 valence electrons. The number of allylic oxidation sites excluding steroid dienone is 1. The Labute approximate surface area is 106 Å². The summed E-state index contributed by atoms with van der Waals surface area (Å²) in [6.07, 6.45) is 3.92. The van der Waals surface area contributed by atoms with E-state index in [1.165, 1.54) is 12.2 Å². The molecule has 0 aromatic heterocycles. The van der Waals surface area contributed by atoms with Gasteiger partial charge in [0.05, 0.1) is 0 Å². The van der Waals surface area contributed by atoms with Crippen LogP contribution in [-0.2, 0) is 9.59 Å². The summed E-state index contributed by atoms with van der Waals surface area (Å²) >= 11 is 0. The number of hydrogen-bond acceptors (Lipinski definition) is 4. The molecule has 0 spiro atoms. The molecule has 0 radical (unpaired) electrons. The minimum Gasteiger partial charge on any atom is -0.364 e. The predicted octanol–water partition coefficient (Wildman–Crippen LogP) is 0.666. The highest BCUT2D eigenvalue weighted by molar-refractivity contribution is 6.01. The third-order valence-electron chi connectivity index (χ3n) is 3.34. The van der Waals surface area contributed by atoms with Crippen LogP contribution in [0.3, 0.4) is 0 Å². The summed E-state index contributed by atoms with van der Waals surface area (Å²) < 4.78 is 0. The van der Waals surface area contributed by atoms with Crippen molar-refractivity contribution in [2.45, 2.75) is 45.4 Å². The first kappa shape index (κ1) is 12.8. The van der Waals surface area contributed by atoms with Crippen LogP contribution in [0.2, 0.25) is 0 Å². The van der Waals surface area contributed by atoms with E-state index in [0.717, 1.165) is 12.0 Å². The number of hydrogen-bond donors (Lipinski definition) is 2. The maximum atomic E-state index is 11.8. The zero-order valence-electron chi connectivity index (χ0n) is 10.9. The monoisotopic (exact) mass is 250 g/mol. The van der Waals surface area contributed by atoms with Crippen molar-refractivity contribution in [2.75, 3.05) is 0 Å². The van der Waals surface area contributed by atoms with Gasteiger partial charge in [-0.3, -0.25) is 9.59 Å². The summed E-state index contributed by atoms with van der Waals surface area (Å²) in [6.45, 7) is 5.57. The highest BCUT2D eigenvalue weighted by Crippen LogP contribution is 2.39. The lowest BCUT2D eigenvalue weighted by Crippen LogP contribution is -2.49. The molecule has 1 fully saturated rings. The minimum absolute atomic E-state index is 0.0414. The fourth-order valence-corrected chi connectivity index (χ4v) is 2.53. The molecular formula is C13H18N2O3. The van der Waals surface area contributed by atoms with E-state index in [-0.39, 0.29) is 17.7 Å². The normalized spacial score (nSPS) is 30.0. The molecule has 2 heterocycles. The van der Waals surface area contributed by atoms with Crippen molar-refractivity contribution in [1.29, 1.82) is 0 Å². The van der Waals surface area contributed by atoms with Gasteiger partial charge in [0, 0.05) is 24.6 Å². The number of nitrogens with zero attached hydrogens (tertiary/aromatic N) is 1. The van der Waals surface area contributed by atoms with Crippen LogP contribution in [0.5, 0.6) is 0 Å². The maximum absolute atomic E-state index is 11.8. The van der Waals surface area contributed by atoms with Gasteiger partial charge in [0.15, 0.2) is 0 Å². The summed E-state index contributed by atoms with van der Waals surface area (Å²) in [5, 5.41) is 13.0. The predicted molar refractivity (Wildman–Crippen MR) is 66.1 cm³/mol. The van der Waals surface area contributed by atoms with Gasteiger partial charge in [0.1, 0.15) is 5.82 Å². The Hall–Kier alpha value is -1.62. The molecule has 0 aromatic carbocycles. The number of carbonyl (C=O) groups is 2. The third-order valence-corrected chi connectivity index (χ3v) is 3.34. The molecule has 5 nitrogen and oxygen atoms in total. The summed E-state index contributed by atoms with van der Waals surface area (Å²) in [4.78, 5) is 25.1. The highest BCUT2D eigenvalue weighted by Gasteiger charge is 2.53. The van der Waals surface area contributed by atoms with E-state index in [0.29, 0.717) is 12.2 Å². The van der Waals surface area contributed by atoms with Gasteiger partial charge in [-0.25, -0.2) is 0 Å². The van der Waals surface area contributed by atoms with Crippen LogP contribution in [0.4, 0.5) is 0 Å². The first-order valence-electron chi connectivity index (χ1n) is 6.08. The van der Waals surface area contributed by atoms with Crippen molar-refractivity contribution < 1.29 is 14.7 Å². The van der Waals surface area contributed by atoms with E-state index in [9.17, 15) is 14.7 Å². The first-order chi connectivity index (χ1) is 8.34. The number of rotatable bonds is 2. The molecule has 0 aliphatic carbocycles. The van der Waals surface area contributed by atoms with Crippen LogP contribution in [0.1, 0.15) is 33.6 Å². The number of carbonyl (C=O) groups excluding carboxylic acids is 2.